The molecule has 2 aromatic rings. The lowest BCUT2D eigenvalue weighted by Gasteiger charge is -2.34. The second-order valence-electron chi connectivity index (χ2n) is 5.59. The van der Waals surface area contributed by atoms with Crippen LogP contribution < -0.4 is 5.32 Å². The summed E-state index contributed by atoms with van der Waals surface area (Å²) in [5.41, 5.74) is 0.608. The van der Waals surface area contributed by atoms with Gasteiger partial charge in [0.05, 0.1) is 0 Å². The van der Waals surface area contributed by atoms with Crippen LogP contribution in [0, 0.1) is 0 Å². The molecule has 1 aromatic heterocycles. The van der Waals surface area contributed by atoms with Gasteiger partial charge in [-0.3, -0.25) is 14.4 Å². The zero-order valence-electron chi connectivity index (χ0n) is 13.1. The summed E-state index contributed by atoms with van der Waals surface area (Å²) in [4.78, 5) is 39.4. The Morgan fingerprint density at radius 3 is 2.62 bits per heavy atom. The second kappa shape index (κ2) is 7.40. The number of thiophene rings is 1. The summed E-state index contributed by atoms with van der Waals surface area (Å²) in [5.74, 6) is -0.378. The average Bonchev–Trinajstić information content (AvgIpc) is 3.14. The van der Waals surface area contributed by atoms with Crippen LogP contribution in [0.25, 0.3) is 0 Å². The number of ketones is 1. The van der Waals surface area contributed by atoms with E-state index in [1.807, 2.05) is 23.6 Å². The fourth-order valence-electron chi connectivity index (χ4n) is 2.80. The van der Waals surface area contributed by atoms with Gasteiger partial charge in [0.15, 0.2) is 5.78 Å². The number of hydrogen-bond donors (Lipinski definition) is 1. The van der Waals surface area contributed by atoms with E-state index in [2.05, 4.69) is 5.32 Å². The van der Waals surface area contributed by atoms with Crippen molar-refractivity contribution in [2.24, 2.45) is 0 Å². The van der Waals surface area contributed by atoms with Gasteiger partial charge in [-0.15, -0.1) is 11.3 Å². The monoisotopic (exact) mass is 342 g/mol. The maximum atomic E-state index is 12.6. The highest BCUT2D eigenvalue weighted by molar-refractivity contribution is 7.10. The van der Waals surface area contributed by atoms with Crippen LogP contribution in [0.5, 0.6) is 0 Å². The zero-order valence-corrected chi connectivity index (χ0v) is 13.9. The Bertz CT molecular complexity index is 728. The first-order valence-electron chi connectivity index (χ1n) is 7.85. The number of piperazine rings is 1. The molecule has 1 saturated heterocycles. The van der Waals surface area contributed by atoms with Crippen LogP contribution in [0.15, 0.2) is 47.8 Å². The molecule has 1 N–H and O–H groups in total. The lowest BCUT2D eigenvalue weighted by atomic mass is 10.0. The third kappa shape index (κ3) is 3.54. The number of nitrogens with one attached hydrogen (secondary N) is 1. The van der Waals surface area contributed by atoms with Crippen molar-refractivity contribution in [1.82, 2.24) is 10.2 Å². The fraction of sp³-hybridized carbons (Fsp3) is 0.278. The maximum Gasteiger partial charge on any atom is 0.248 e. The summed E-state index contributed by atoms with van der Waals surface area (Å²) in [5, 5.41) is 4.69. The van der Waals surface area contributed by atoms with Crippen LogP contribution >= 0.6 is 11.3 Å². The van der Waals surface area contributed by atoms with Crippen LogP contribution in [0.4, 0.5) is 0 Å². The second-order valence-corrected chi connectivity index (χ2v) is 6.56. The van der Waals surface area contributed by atoms with Gasteiger partial charge in [-0.1, -0.05) is 36.4 Å². The van der Waals surface area contributed by atoms with Crippen molar-refractivity contribution in [1.29, 1.82) is 0 Å². The summed E-state index contributed by atoms with van der Waals surface area (Å²) in [7, 11) is 0. The predicted molar refractivity (Wildman–Crippen MR) is 91.8 cm³/mol. The van der Waals surface area contributed by atoms with Gasteiger partial charge >= 0.3 is 0 Å². The Labute approximate surface area is 144 Å². The van der Waals surface area contributed by atoms with Gasteiger partial charge in [0.25, 0.3) is 0 Å². The minimum absolute atomic E-state index is 0.0573. The van der Waals surface area contributed by atoms with Crippen LogP contribution in [-0.2, 0) is 9.59 Å². The number of amides is 2. The van der Waals surface area contributed by atoms with E-state index in [4.69, 9.17) is 0 Å². The highest BCUT2D eigenvalue weighted by atomic mass is 32.1. The minimum Gasteiger partial charge on any atom is -0.352 e. The molecule has 2 amide bonds. The smallest absolute Gasteiger partial charge is 0.248 e. The lowest BCUT2D eigenvalue weighted by Crippen LogP contribution is -2.52. The predicted octanol–water partition coefficient (Wildman–Crippen LogP) is 2.41. The Balaban J connectivity index is 1.67. The van der Waals surface area contributed by atoms with E-state index in [1.54, 1.807) is 29.2 Å². The van der Waals surface area contributed by atoms with Crippen molar-refractivity contribution in [2.75, 3.05) is 13.1 Å². The number of nitrogens with zero attached hydrogens (tertiary/aromatic N) is 1. The molecule has 3 rings (SSSR count). The Kier molecular flexibility index (Phi) is 5.05. The van der Waals surface area contributed by atoms with Crippen LogP contribution in [-0.4, -0.2) is 35.6 Å². The van der Waals surface area contributed by atoms with Crippen LogP contribution in [0.2, 0.25) is 0 Å². The third-order valence-electron chi connectivity index (χ3n) is 4.01. The number of Topliss-reactive ketones (excluding diaryl/α,β-unsaturated/α-hetero) is 1. The molecule has 1 aliphatic heterocycles. The molecule has 0 unspecified atom stereocenters. The molecule has 1 aromatic carbocycles. The topological polar surface area (TPSA) is 66.5 Å². The van der Waals surface area contributed by atoms with Crippen molar-refractivity contribution in [2.45, 2.75) is 18.9 Å². The standard InChI is InChI=1S/C18H18N2O3S/c21-14(13-5-2-1-3-6-13)8-9-16(22)20-11-10-19-18(23)17(20)15-7-4-12-24-15/h1-7,12,17H,8-11H2,(H,19,23)/t17-/m1/s1. The van der Waals surface area contributed by atoms with Crippen molar-refractivity contribution >= 4 is 28.9 Å². The van der Waals surface area contributed by atoms with Crippen LogP contribution in [0.3, 0.4) is 0 Å². The first-order chi connectivity index (χ1) is 11.7. The summed E-state index contributed by atoms with van der Waals surface area (Å²) < 4.78 is 0. The molecule has 24 heavy (non-hydrogen) atoms. The minimum atomic E-state index is -0.585. The molecular weight excluding hydrogens is 324 g/mol. The van der Waals surface area contributed by atoms with E-state index in [0.29, 0.717) is 18.7 Å². The lowest BCUT2D eigenvalue weighted by molar-refractivity contribution is -0.143. The molecule has 1 atom stereocenters. The molecule has 1 aliphatic rings. The number of rotatable bonds is 5. The van der Waals surface area contributed by atoms with E-state index >= 15 is 0 Å². The Morgan fingerprint density at radius 2 is 1.92 bits per heavy atom. The fourth-order valence-corrected chi connectivity index (χ4v) is 3.63. The third-order valence-corrected chi connectivity index (χ3v) is 4.93. The molecule has 0 saturated carbocycles. The Morgan fingerprint density at radius 1 is 1.12 bits per heavy atom. The summed E-state index contributed by atoms with van der Waals surface area (Å²) >= 11 is 1.45. The van der Waals surface area contributed by atoms with Gasteiger partial charge in [0.2, 0.25) is 11.8 Å². The normalized spacial score (nSPS) is 17.4. The van der Waals surface area contributed by atoms with Crippen molar-refractivity contribution in [3.8, 4) is 0 Å². The number of carbonyl (C=O) groups excluding carboxylic acids is 3. The Hall–Kier alpha value is -2.47. The maximum absolute atomic E-state index is 12.6. The SMILES string of the molecule is O=C(CCC(=O)N1CCNC(=O)[C@H]1c1cccs1)c1ccccc1. The largest absolute Gasteiger partial charge is 0.352 e. The van der Waals surface area contributed by atoms with Gasteiger partial charge in [0.1, 0.15) is 6.04 Å². The summed E-state index contributed by atoms with van der Waals surface area (Å²) in [6, 6.07) is 12.1. The van der Waals surface area contributed by atoms with Gasteiger partial charge in [0, 0.05) is 36.4 Å². The summed E-state index contributed by atoms with van der Waals surface area (Å²) in [6.07, 6.45) is 0.265. The van der Waals surface area contributed by atoms with Crippen molar-refractivity contribution < 1.29 is 14.4 Å². The molecule has 0 aliphatic carbocycles. The molecule has 2 heterocycles. The van der Waals surface area contributed by atoms with Gasteiger partial charge in [-0.2, -0.15) is 0 Å². The van der Waals surface area contributed by atoms with Crippen LogP contribution in [0.1, 0.15) is 34.1 Å². The number of carbonyl (C=O) groups is 3. The first-order valence-corrected chi connectivity index (χ1v) is 8.73. The van der Waals surface area contributed by atoms with E-state index in [-0.39, 0.29) is 30.4 Å². The molecule has 5 nitrogen and oxygen atoms in total. The molecular formula is C18H18N2O3S. The van der Waals surface area contributed by atoms with Gasteiger partial charge in [-0.05, 0) is 11.4 Å². The molecule has 0 bridgehead atoms. The first kappa shape index (κ1) is 16.4. The van der Waals surface area contributed by atoms with E-state index < -0.39 is 6.04 Å². The molecule has 1 fully saturated rings. The van der Waals surface area contributed by atoms with Crippen molar-refractivity contribution in [3.63, 3.8) is 0 Å². The number of benzene rings is 1. The number of hydrogen-bond acceptors (Lipinski definition) is 4. The molecule has 0 spiro atoms. The molecule has 0 radical (unpaired) electrons. The van der Waals surface area contributed by atoms with Gasteiger partial charge < -0.3 is 10.2 Å². The average molecular weight is 342 g/mol. The highest BCUT2D eigenvalue weighted by Gasteiger charge is 2.34. The summed E-state index contributed by atoms with van der Waals surface area (Å²) in [6.45, 7) is 0.908. The van der Waals surface area contributed by atoms with Crippen molar-refractivity contribution in [3.05, 3.63) is 58.3 Å². The van der Waals surface area contributed by atoms with E-state index in [1.165, 1.54) is 11.3 Å². The molecule has 124 valence electrons. The highest BCUT2D eigenvalue weighted by Crippen LogP contribution is 2.28. The molecule has 6 heteroatoms. The zero-order chi connectivity index (χ0) is 16.9. The van der Waals surface area contributed by atoms with E-state index in [0.717, 1.165) is 4.88 Å². The van der Waals surface area contributed by atoms with E-state index in [9.17, 15) is 14.4 Å². The quantitative estimate of drug-likeness (QED) is 0.849. The van der Waals surface area contributed by atoms with Gasteiger partial charge in [-0.25, -0.2) is 0 Å².